The molecule has 0 aromatic carbocycles. The van der Waals surface area contributed by atoms with Gasteiger partial charge in [0.2, 0.25) is 11.8 Å². The Morgan fingerprint density at radius 2 is 2.17 bits per heavy atom. The van der Waals surface area contributed by atoms with Gasteiger partial charge < -0.3 is 10.2 Å². The van der Waals surface area contributed by atoms with Gasteiger partial charge in [-0.25, -0.2) is 4.98 Å². The molecule has 1 saturated carbocycles. The first-order chi connectivity index (χ1) is 11.6. The molecule has 1 aliphatic heterocycles. The fourth-order valence-corrected chi connectivity index (χ4v) is 4.59. The summed E-state index contributed by atoms with van der Waals surface area (Å²) in [4.78, 5) is 31.0. The third-order valence-electron chi connectivity index (χ3n) is 5.11. The van der Waals surface area contributed by atoms with Gasteiger partial charge in [-0.15, -0.1) is 11.3 Å². The first kappa shape index (κ1) is 17.4. The quantitative estimate of drug-likeness (QED) is 0.803. The molecule has 6 heteroatoms. The van der Waals surface area contributed by atoms with E-state index >= 15 is 0 Å². The van der Waals surface area contributed by atoms with Gasteiger partial charge in [-0.2, -0.15) is 0 Å². The number of nitrogens with zero attached hydrogens (tertiary/aromatic N) is 2. The summed E-state index contributed by atoms with van der Waals surface area (Å²) in [6, 6.07) is 0.376. The van der Waals surface area contributed by atoms with Gasteiger partial charge in [0.25, 0.3) is 0 Å². The number of aryl methyl sites for hydroxylation is 2. The minimum Gasteiger partial charge on any atom is -0.356 e. The number of likely N-dealkylation sites (tertiary alicyclic amines) is 1. The Bertz CT molecular complexity index is 581. The highest BCUT2D eigenvalue weighted by Crippen LogP contribution is 2.28. The molecule has 5 nitrogen and oxygen atoms in total. The van der Waals surface area contributed by atoms with E-state index in [-0.39, 0.29) is 17.7 Å². The number of carbonyl (C=O) groups excluding carboxylic acids is 2. The summed E-state index contributed by atoms with van der Waals surface area (Å²) in [6.07, 6.45) is 7.67. The van der Waals surface area contributed by atoms with Crippen molar-refractivity contribution in [1.82, 2.24) is 15.2 Å². The Balaban J connectivity index is 1.41. The monoisotopic (exact) mass is 349 g/mol. The first-order valence-electron chi connectivity index (χ1n) is 9.11. The molecule has 2 amide bonds. The van der Waals surface area contributed by atoms with E-state index in [2.05, 4.69) is 15.7 Å². The van der Waals surface area contributed by atoms with Gasteiger partial charge in [0, 0.05) is 43.0 Å². The summed E-state index contributed by atoms with van der Waals surface area (Å²) in [6.45, 7) is 3.30. The van der Waals surface area contributed by atoms with Crippen LogP contribution in [0, 0.1) is 12.8 Å². The molecule has 1 N–H and O–H groups in total. The fourth-order valence-electron chi connectivity index (χ4n) is 3.77. The number of carbonyl (C=O) groups is 2. The Morgan fingerprint density at radius 3 is 2.88 bits per heavy atom. The minimum absolute atomic E-state index is 0.0367. The molecule has 1 aromatic rings. The van der Waals surface area contributed by atoms with Crippen LogP contribution < -0.4 is 5.32 Å². The average Bonchev–Trinajstić information content (AvgIpc) is 3.23. The lowest BCUT2D eigenvalue weighted by atomic mass is 9.95. The second-order valence-corrected chi connectivity index (χ2v) is 7.94. The molecular formula is C18H27N3O2S. The molecule has 1 atom stereocenters. The molecule has 1 aromatic heterocycles. The van der Waals surface area contributed by atoms with Crippen LogP contribution in [0.5, 0.6) is 0 Å². The van der Waals surface area contributed by atoms with Crippen LogP contribution in [0.3, 0.4) is 0 Å². The second-order valence-electron chi connectivity index (χ2n) is 7.00. The van der Waals surface area contributed by atoms with Crippen molar-refractivity contribution < 1.29 is 9.59 Å². The minimum atomic E-state index is -0.0367. The summed E-state index contributed by atoms with van der Waals surface area (Å²) >= 11 is 1.68. The maximum absolute atomic E-state index is 12.4. The lowest BCUT2D eigenvalue weighted by Gasteiger charge is -2.36. The van der Waals surface area contributed by atoms with Crippen molar-refractivity contribution in [2.24, 2.45) is 5.92 Å². The smallest absolute Gasteiger partial charge is 0.224 e. The SMILES string of the molecule is Cc1csc(CCCNC(=O)[C@@H]2CCC(=O)N(C3CCCC3)C2)n1. The highest BCUT2D eigenvalue weighted by atomic mass is 32.1. The van der Waals surface area contributed by atoms with Crippen LogP contribution in [0.25, 0.3) is 0 Å². The van der Waals surface area contributed by atoms with E-state index in [0.29, 0.717) is 32.0 Å². The van der Waals surface area contributed by atoms with E-state index in [1.807, 2.05) is 11.8 Å². The first-order valence-corrected chi connectivity index (χ1v) is 9.99. The summed E-state index contributed by atoms with van der Waals surface area (Å²) in [5, 5.41) is 6.25. The third-order valence-corrected chi connectivity index (χ3v) is 6.14. The van der Waals surface area contributed by atoms with Crippen molar-refractivity contribution in [1.29, 1.82) is 0 Å². The van der Waals surface area contributed by atoms with Gasteiger partial charge in [0.1, 0.15) is 0 Å². The van der Waals surface area contributed by atoms with Gasteiger partial charge >= 0.3 is 0 Å². The zero-order valence-corrected chi connectivity index (χ0v) is 15.2. The van der Waals surface area contributed by atoms with Crippen LogP contribution >= 0.6 is 11.3 Å². The average molecular weight is 350 g/mol. The fraction of sp³-hybridized carbons (Fsp3) is 0.722. The van der Waals surface area contributed by atoms with Crippen LogP contribution in [-0.4, -0.2) is 40.8 Å². The maximum atomic E-state index is 12.4. The van der Waals surface area contributed by atoms with Gasteiger partial charge in [0.05, 0.1) is 10.9 Å². The van der Waals surface area contributed by atoms with E-state index < -0.39 is 0 Å². The van der Waals surface area contributed by atoms with Crippen molar-refractivity contribution in [3.63, 3.8) is 0 Å². The Kier molecular flexibility index (Phi) is 5.87. The van der Waals surface area contributed by atoms with Crippen molar-refractivity contribution in [2.75, 3.05) is 13.1 Å². The molecule has 132 valence electrons. The Morgan fingerprint density at radius 1 is 1.38 bits per heavy atom. The molecule has 2 aliphatic rings. The van der Waals surface area contributed by atoms with Gasteiger partial charge in [-0.1, -0.05) is 12.8 Å². The van der Waals surface area contributed by atoms with Crippen molar-refractivity contribution in [3.8, 4) is 0 Å². The summed E-state index contributed by atoms with van der Waals surface area (Å²) < 4.78 is 0. The van der Waals surface area contributed by atoms with Crippen molar-refractivity contribution >= 4 is 23.2 Å². The molecule has 1 aliphatic carbocycles. The molecular weight excluding hydrogens is 322 g/mol. The summed E-state index contributed by atoms with van der Waals surface area (Å²) in [7, 11) is 0. The van der Waals surface area contributed by atoms with E-state index in [9.17, 15) is 9.59 Å². The number of piperidine rings is 1. The Hall–Kier alpha value is -1.43. The zero-order valence-electron chi connectivity index (χ0n) is 14.4. The molecule has 0 unspecified atom stereocenters. The lowest BCUT2D eigenvalue weighted by molar-refractivity contribution is -0.140. The summed E-state index contributed by atoms with van der Waals surface area (Å²) in [5.41, 5.74) is 1.07. The van der Waals surface area contributed by atoms with Gasteiger partial charge in [-0.05, 0) is 32.6 Å². The lowest BCUT2D eigenvalue weighted by Crippen LogP contribution is -2.49. The summed E-state index contributed by atoms with van der Waals surface area (Å²) in [5.74, 6) is 0.316. The molecule has 0 bridgehead atoms. The van der Waals surface area contributed by atoms with Crippen LogP contribution in [0.1, 0.15) is 55.6 Å². The number of thiazole rings is 1. The van der Waals surface area contributed by atoms with Crippen LogP contribution in [0.15, 0.2) is 5.38 Å². The number of nitrogens with one attached hydrogen (secondary N) is 1. The highest BCUT2D eigenvalue weighted by Gasteiger charge is 2.34. The Labute approximate surface area is 147 Å². The molecule has 2 fully saturated rings. The third kappa shape index (κ3) is 4.35. The molecule has 24 heavy (non-hydrogen) atoms. The van der Waals surface area contributed by atoms with Crippen LogP contribution in [-0.2, 0) is 16.0 Å². The predicted octanol–water partition coefficient (Wildman–Crippen LogP) is 2.68. The number of hydrogen-bond acceptors (Lipinski definition) is 4. The predicted molar refractivity (Wildman–Crippen MR) is 94.9 cm³/mol. The van der Waals surface area contributed by atoms with E-state index in [1.54, 1.807) is 11.3 Å². The normalized spacial score (nSPS) is 22.1. The topological polar surface area (TPSA) is 62.3 Å². The molecule has 3 rings (SSSR count). The number of rotatable bonds is 6. The number of aromatic nitrogens is 1. The second kappa shape index (κ2) is 8.10. The molecule has 0 spiro atoms. The van der Waals surface area contributed by atoms with E-state index in [1.165, 1.54) is 12.8 Å². The molecule has 1 saturated heterocycles. The van der Waals surface area contributed by atoms with Crippen molar-refractivity contribution in [3.05, 3.63) is 16.1 Å². The zero-order chi connectivity index (χ0) is 16.9. The van der Waals surface area contributed by atoms with Crippen LogP contribution in [0.4, 0.5) is 0 Å². The van der Waals surface area contributed by atoms with E-state index in [4.69, 9.17) is 0 Å². The molecule has 2 heterocycles. The van der Waals surface area contributed by atoms with Crippen LogP contribution in [0.2, 0.25) is 0 Å². The molecule has 0 radical (unpaired) electrons. The number of hydrogen-bond donors (Lipinski definition) is 1. The van der Waals surface area contributed by atoms with Gasteiger partial charge in [0.15, 0.2) is 0 Å². The van der Waals surface area contributed by atoms with E-state index in [0.717, 1.165) is 36.4 Å². The van der Waals surface area contributed by atoms with Crippen molar-refractivity contribution in [2.45, 2.75) is 64.3 Å². The standard InChI is InChI=1S/C18H27N3O2S/c1-13-12-24-16(20-13)7-4-10-19-18(23)14-8-9-17(22)21(11-14)15-5-2-3-6-15/h12,14-15H,2-11H2,1H3,(H,19,23)/t14-/m1/s1. The largest absolute Gasteiger partial charge is 0.356 e. The number of amides is 2. The maximum Gasteiger partial charge on any atom is 0.224 e. The highest BCUT2D eigenvalue weighted by molar-refractivity contribution is 7.09. The van der Waals surface area contributed by atoms with Gasteiger partial charge in [-0.3, -0.25) is 9.59 Å².